The first-order valence-electron chi connectivity index (χ1n) is 6.21. The standard InChI is InChI=1S/C16H19NO2/c1-11-7-4-5-8-12(11)15(17)13-9-6-10-14(18-2)16(13)19-3/h4-10,15H,17H2,1-3H3. The van der Waals surface area contributed by atoms with Gasteiger partial charge in [0, 0.05) is 5.56 Å². The molecule has 2 rings (SSSR count). The minimum Gasteiger partial charge on any atom is -0.493 e. The van der Waals surface area contributed by atoms with Gasteiger partial charge in [-0.05, 0) is 24.1 Å². The van der Waals surface area contributed by atoms with Crippen LogP contribution in [0.5, 0.6) is 11.5 Å². The molecule has 1 atom stereocenters. The highest BCUT2D eigenvalue weighted by atomic mass is 16.5. The van der Waals surface area contributed by atoms with Crippen LogP contribution >= 0.6 is 0 Å². The molecule has 0 aliphatic heterocycles. The normalized spacial score (nSPS) is 12.0. The van der Waals surface area contributed by atoms with E-state index in [9.17, 15) is 0 Å². The molecule has 0 spiro atoms. The lowest BCUT2D eigenvalue weighted by Gasteiger charge is -2.19. The van der Waals surface area contributed by atoms with Crippen molar-refractivity contribution >= 4 is 0 Å². The highest BCUT2D eigenvalue weighted by molar-refractivity contribution is 5.51. The molecule has 0 saturated carbocycles. The first-order valence-corrected chi connectivity index (χ1v) is 6.21. The summed E-state index contributed by atoms with van der Waals surface area (Å²) in [5.41, 5.74) is 9.57. The Bertz CT molecular complexity index is 566. The molecule has 0 aliphatic carbocycles. The summed E-state index contributed by atoms with van der Waals surface area (Å²) >= 11 is 0. The van der Waals surface area contributed by atoms with E-state index in [0.717, 1.165) is 11.1 Å². The molecule has 2 N–H and O–H groups in total. The zero-order valence-corrected chi connectivity index (χ0v) is 11.5. The number of ether oxygens (including phenoxy) is 2. The SMILES string of the molecule is COc1cccc(C(N)c2ccccc2C)c1OC. The summed E-state index contributed by atoms with van der Waals surface area (Å²) in [5, 5.41) is 0. The Kier molecular flexibility index (Phi) is 4.07. The molecule has 2 aromatic rings. The molecular weight excluding hydrogens is 238 g/mol. The lowest BCUT2D eigenvalue weighted by Crippen LogP contribution is -2.14. The van der Waals surface area contributed by atoms with Crippen molar-refractivity contribution in [2.75, 3.05) is 14.2 Å². The lowest BCUT2D eigenvalue weighted by atomic mass is 9.95. The zero-order chi connectivity index (χ0) is 13.8. The predicted molar refractivity (Wildman–Crippen MR) is 76.8 cm³/mol. The van der Waals surface area contributed by atoms with Crippen molar-refractivity contribution in [1.82, 2.24) is 0 Å². The van der Waals surface area contributed by atoms with Crippen LogP contribution in [0.15, 0.2) is 42.5 Å². The number of benzene rings is 2. The van der Waals surface area contributed by atoms with E-state index < -0.39 is 0 Å². The van der Waals surface area contributed by atoms with Gasteiger partial charge in [-0.15, -0.1) is 0 Å². The third-order valence-corrected chi connectivity index (χ3v) is 3.29. The maximum absolute atomic E-state index is 6.38. The van der Waals surface area contributed by atoms with E-state index >= 15 is 0 Å². The molecule has 0 fully saturated rings. The van der Waals surface area contributed by atoms with Crippen LogP contribution in [0.4, 0.5) is 0 Å². The first kappa shape index (κ1) is 13.4. The van der Waals surface area contributed by atoms with Crippen LogP contribution in [0.1, 0.15) is 22.7 Å². The number of methoxy groups -OCH3 is 2. The molecule has 0 aliphatic rings. The second-order valence-electron chi connectivity index (χ2n) is 4.42. The Morgan fingerprint density at radius 2 is 1.58 bits per heavy atom. The summed E-state index contributed by atoms with van der Waals surface area (Å²) in [4.78, 5) is 0. The van der Waals surface area contributed by atoms with Crippen LogP contribution in [0.2, 0.25) is 0 Å². The summed E-state index contributed by atoms with van der Waals surface area (Å²) in [6.45, 7) is 2.06. The highest BCUT2D eigenvalue weighted by Crippen LogP contribution is 2.36. The van der Waals surface area contributed by atoms with Gasteiger partial charge in [-0.2, -0.15) is 0 Å². The van der Waals surface area contributed by atoms with Gasteiger partial charge in [0.25, 0.3) is 0 Å². The van der Waals surface area contributed by atoms with Gasteiger partial charge in [0.2, 0.25) is 0 Å². The Morgan fingerprint density at radius 3 is 2.21 bits per heavy atom. The Hall–Kier alpha value is -2.00. The van der Waals surface area contributed by atoms with Gasteiger partial charge in [-0.3, -0.25) is 0 Å². The molecular formula is C16H19NO2. The van der Waals surface area contributed by atoms with Crippen LogP contribution in [-0.4, -0.2) is 14.2 Å². The van der Waals surface area contributed by atoms with Crippen molar-refractivity contribution in [3.63, 3.8) is 0 Å². The number of para-hydroxylation sites is 1. The molecule has 19 heavy (non-hydrogen) atoms. The fourth-order valence-electron chi connectivity index (χ4n) is 2.26. The minimum absolute atomic E-state index is 0.230. The van der Waals surface area contributed by atoms with E-state index in [-0.39, 0.29) is 6.04 Å². The van der Waals surface area contributed by atoms with Crippen molar-refractivity contribution in [2.45, 2.75) is 13.0 Å². The number of hydrogen-bond donors (Lipinski definition) is 1. The molecule has 1 unspecified atom stereocenters. The predicted octanol–water partition coefficient (Wildman–Crippen LogP) is 3.06. The topological polar surface area (TPSA) is 44.5 Å². The molecule has 0 radical (unpaired) electrons. The largest absolute Gasteiger partial charge is 0.493 e. The van der Waals surface area contributed by atoms with Crippen LogP contribution in [0, 0.1) is 6.92 Å². The smallest absolute Gasteiger partial charge is 0.165 e. The van der Waals surface area contributed by atoms with Crippen LogP contribution < -0.4 is 15.2 Å². The Labute approximate surface area is 114 Å². The second-order valence-corrected chi connectivity index (χ2v) is 4.42. The molecule has 0 saturated heterocycles. The van der Waals surface area contributed by atoms with Gasteiger partial charge >= 0.3 is 0 Å². The number of hydrogen-bond acceptors (Lipinski definition) is 3. The lowest BCUT2D eigenvalue weighted by molar-refractivity contribution is 0.350. The third kappa shape index (κ3) is 2.56. The molecule has 0 amide bonds. The van der Waals surface area contributed by atoms with Gasteiger partial charge in [0.05, 0.1) is 20.3 Å². The molecule has 0 bridgehead atoms. The van der Waals surface area contributed by atoms with Gasteiger partial charge < -0.3 is 15.2 Å². The first-order chi connectivity index (χ1) is 9.19. The van der Waals surface area contributed by atoms with E-state index in [1.54, 1.807) is 14.2 Å². The van der Waals surface area contributed by atoms with Gasteiger partial charge in [-0.1, -0.05) is 36.4 Å². The molecule has 100 valence electrons. The fourth-order valence-corrected chi connectivity index (χ4v) is 2.26. The van der Waals surface area contributed by atoms with Crippen molar-refractivity contribution in [3.8, 4) is 11.5 Å². The van der Waals surface area contributed by atoms with E-state index in [0.29, 0.717) is 11.5 Å². The zero-order valence-electron chi connectivity index (χ0n) is 11.5. The second kappa shape index (κ2) is 5.76. The van der Waals surface area contributed by atoms with Crippen molar-refractivity contribution in [3.05, 3.63) is 59.2 Å². The monoisotopic (exact) mass is 257 g/mol. The summed E-state index contributed by atoms with van der Waals surface area (Å²) in [5.74, 6) is 1.39. The molecule has 0 aromatic heterocycles. The maximum Gasteiger partial charge on any atom is 0.165 e. The molecule has 2 aromatic carbocycles. The third-order valence-electron chi connectivity index (χ3n) is 3.29. The van der Waals surface area contributed by atoms with Crippen LogP contribution in [0.25, 0.3) is 0 Å². The van der Waals surface area contributed by atoms with Crippen molar-refractivity contribution in [2.24, 2.45) is 5.73 Å². The summed E-state index contributed by atoms with van der Waals surface area (Å²) < 4.78 is 10.8. The summed E-state index contributed by atoms with van der Waals surface area (Å²) in [7, 11) is 3.26. The Morgan fingerprint density at radius 1 is 0.895 bits per heavy atom. The summed E-state index contributed by atoms with van der Waals surface area (Å²) in [6.07, 6.45) is 0. The fraction of sp³-hybridized carbons (Fsp3) is 0.250. The van der Waals surface area contributed by atoms with E-state index in [4.69, 9.17) is 15.2 Å². The quantitative estimate of drug-likeness (QED) is 0.915. The van der Waals surface area contributed by atoms with Gasteiger partial charge in [0.1, 0.15) is 0 Å². The van der Waals surface area contributed by atoms with Crippen molar-refractivity contribution < 1.29 is 9.47 Å². The highest BCUT2D eigenvalue weighted by Gasteiger charge is 2.18. The van der Waals surface area contributed by atoms with E-state index in [1.165, 1.54) is 5.56 Å². The van der Waals surface area contributed by atoms with Crippen molar-refractivity contribution in [1.29, 1.82) is 0 Å². The van der Waals surface area contributed by atoms with E-state index in [1.807, 2.05) is 36.4 Å². The van der Waals surface area contributed by atoms with Gasteiger partial charge in [0.15, 0.2) is 11.5 Å². The average molecular weight is 257 g/mol. The molecule has 3 nitrogen and oxygen atoms in total. The summed E-state index contributed by atoms with van der Waals surface area (Å²) in [6, 6.07) is 13.6. The number of nitrogens with two attached hydrogens (primary N) is 1. The molecule has 3 heteroatoms. The van der Waals surface area contributed by atoms with Crippen LogP contribution in [-0.2, 0) is 0 Å². The van der Waals surface area contributed by atoms with Crippen LogP contribution in [0.3, 0.4) is 0 Å². The number of rotatable bonds is 4. The average Bonchev–Trinajstić information content (AvgIpc) is 2.46. The van der Waals surface area contributed by atoms with E-state index in [2.05, 4.69) is 13.0 Å². The molecule has 0 heterocycles. The minimum atomic E-state index is -0.230. The maximum atomic E-state index is 6.38. The number of aryl methyl sites for hydroxylation is 1. The van der Waals surface area contributed by atoms with Gasteiger partial charge in [-0.25, -0.2) is 0 Å². The Balaban J connectivity index is 2.50.